The summed E-state index contributed by atoms with van der Waals surface area (Å²) in [5, 5.41) is 7.60. The first-order chi connectivity index (χ1) is 11.9. The first kappa shape index (κ1) is 18.3. The normalized spacial score (nSPS) is 10.9. The Morgan fingerprint density at radius 3 is 2.64 bits per heavy atom. The number of rotatable bonds is 6. The minimum absolute atomic E-state index is 0.0778. The van der Waals surface area contributed by atoms with Crippen molar-refractivity contribution in [1.29, 1.82) is 0 Å². The summed E-state index contributed by atoms with van der Waals surface area (Å²) < 4.78 is 43.3. The molecular weight excluding hydrogens is 339 g/mol. The summed E-state index contributed by atoms with van der Waals surface area (Å²) in [6, 6.07) is 4.82. The van der Waals surface area contributed by atoms with Crippen LogP contribution in [0.1, 0.15) is 5.56 Å². The Balaban J connectivity index is 1.78. The van der Waals surface area contributed by atoms with Crippen LogP contribution < -0.4 is 20.7 Å². The lowest BCUT2D eigenvalue weighted by atomic mass is 10.2. The third-order valence-electron chi connectivity index (χ3n) is 3.02. The number of halogens is 3. The molecule has 0 radical (unpaired) electrons. The topological polar surface area (TPSA) is 88.2 Å². The smallest absolute Gasteiger partial charge is 0.419 e. The second kappa shape index (κ2) is 8.18. The Morgan fingerprint density at radius 1 is 1.20 bits per heavy atom. The maximum atomic E-state index is 12.8. The van der Waals surface area contributed by atoms with Crippen molar-refractivity contribution in [2.75, 3.05) is 30.8 Å². The standard InChI is InChI=1S/C15H16F3N5O2/c1-25-12-5-4-10(9-22-12)23-14(24)21-8-7-20-13-11(15(16,17)18)3-2-6-19-13/h2-6,9H,7-8H2,1H3,(H,19,20)(H2,21,23,24). The summed E-state index contributed by atoms with van der Waals surface area (Å²) in [6.07, 6.45) is -1.82. The van der Waals surface area contributed by atoms with Crippen LogP contribution in [0.25, 0.3) is 0 Å². The molecule has 0 unspecified atom stereocenters. The van der Waals surface area contributed by atoms with Gasteiger partial charge in [-0.3, -0.25) is 0 Å². The van der Waals surface area contributed by atoms with Gasteiger partial charge in [-0.25, -0.2) is 14.8 Å². The van der Waals surface area contributed by atoms with E-state index in [1.165, 1.54) is 25.6 Å². The highest BCUT2D eigenvalue weighted by atomic mass is 19.4. The van der Waals surface area contributed by atoms with E-state index < -0.39 is 17.8 Å². The van der Waals surface area contributed by atoms with Crippen LogP contribution in [-0.4, -0.2) is 36.2 Å². The van der Waals surface area contributed by atoms with E-state index >= 15 is 0 Å². The predicted octanol–water partition coefficient (Wildman–Crippen LogP) is 2.74. The van der Waals surface area contributed by atoms with Crippen molar-refractivity contribution in [3.8, 4) is 5.88 Å². The number of nitrogens with zero attached hydrogens (tertiary/aromatic N) is 2. The van der Waals surface area contributed by atoms with E-state index in [0.717, 1.165) is 6.07 Å². The van der Waals surface area contributed by atoms with Crippen LogP contribution in [-0.2, 0) is 6.18 Å². The lowest BCUT2D eigenvalue weighted by molar-refractivity contribution is -0.137. The Morgan fingerprint density at radius 2 is 2.00 bits per heavy atom. The molecule has 7 nitrogen and oxygen atoms in total. The number of carbonyl (C=O) groups excluding carboxylic acids is 1. The molecule has 2 aromatic rings. The Kier molecular flexibility index (Phi) is 5.98. The Bertz CT molecular complexity index is 707. The van der Waals surface area contributed by atoms with Crippen molar-refractivity contribution >= 4 is 17.5 Å². The molecule has 25 heavy (non-hydrogen) atoms. The number of amides is 2. The van der Waals surface area contributed by atoms with Crippen molar-refractivity contribution in [2.24, 2.45) is 0 Å². The molecule has 0 aliphatic rings. The van der Waals surface area contributed by atoms with Crippen LogP contribution in [0, 0.1) is 0 Å². The predicted molar refractivity (Wildman–Crippen MR) is 85.5 cm³/mol. The van der Waals surface area contributed by atoms with Gasteiger partial charge in [0, 0.05) is 25.4 Å². The summed E-state index contributed by atoms with van der Waals surface area (Å²) in [5.41, 5.74) is -0.404. The van der Waals surface area contributed by atoms with Gasteiger partial charge in [0.1, 0.15) is 5.82 Å². The fraction of sp³-hybridized carbons (Fsp3) is 0.267. The van der Waals surface area contributed by atoms with Crippen molar-refractivity contribution in [2.45, 2.75) is 6.18 Å². The SMILES string of the molecule is COc1ccc(NC(=O)NCCNc2ncccc2C(F)(F)F)cn1. The Hall–Kier alpha value is -3.04. The number of nitrogens with one attached hydrogen (secondary N) is 3. The van der Waals surface area contributed by atoms with E-state index in [1.807, 2.05) is 0 Å². The fourth-order valence-corrected chi connectivity index (χ4v) is 1.88. The number of hydrogen-bond donors (Lipinski definition) is 3. The van der Waals surface area contributed by atoms with Crippen LogP contribution in [0.15, 0.2) is 36.7 Å². The molecule has 2 amide bonds. The second-order valence-electron chi connectivity index (χ2n) is 4.79. The van der Waals surface area contributed by atoms with Crippen molar-refractivity contribution in [3.05, 3.63) is 42.2 Å². The van der Waals surface area contributed by atoms with Gasteiger partial charge >= 0.3 is 12.2 Å². The lowest BCUT2D eigenvalue weighted by Gasteiger charge is -2.13. The lowest BCUT2D eigenvalue weighted by Crippen LogP contribution is -2.33. The number of ether oxygens (including phenoxy) is 1. The zero-order valence-corrected chi connectivity index (χ0v) is 13.2. The molecule has 10 heteroatoms. The van der Waals surface area contributed by atoms with Gasteiger partial charge in [0.05, 0.1) is 24.6 Å². The highest BCUT2D eigenvalue weighted by Crippen LogP contribution is 2.33. The average Bonchev–Trinajstić information content (AvgIpc) is 2.59. The summed E-state index contributed by atoms with van der Waals surface area (Å²) in [6.45, 7) is 0.178. The van der Waals surface area contributed by atoms with Crippen LogP contribution in [0.5, 0.6) is 5.88 Å². The first-order valence-electron chi connectivity index (χ1n) is 7.21. The average molecular weight is 355 g/mol. The molecule has 0 fully saturated rings. The zero-order chi connectivity index (χ0) is 18.3. The molecule has 0 spiro atoms. The van der Waals surface area contributed by atoms with Gasteiger partial charge in [0.2, 0.25) is 5.88 Å². The monoisotopic (exact) mass is 355 g/mol. The van der Waals surface area contributed by atoms with E-state index in [4.69, 9.17) is 4.74 Å². The first-order valence-corrected chi connectivity index (χ1v) is 7.21. The van der Waals surface area contributed by atoms with E-state index in [-0.39, 0.29) is 18.9 Å². The maximum absolute atomic E-state index is 12.8. The Labute approximate surface area is 141 Å². The van der Waals surface area contributed by atoms with Crippen molar-refractivity contribution < 1.29 is 22.7 Å². The highest BCUT2D eigenvalue weighted by molar-refractivity contribution is 5.89. The van der Waals surface area contributed by atoms with E-state index in [1.54, 1.807) is 12.1 Å². The van der Waals surface area contributed by atoms with E-state index in [0.29, 0.717) is 11.6 Å². The summed E-state index contributed by atoms with van der Waals surface area (Å²) in [4.78, 5) is 19.3. The van der Waals surface area contributed by atoms with Gasteiger partial charge < -0.3 is 20.7 Å². The number of anilines is 2. The number of carbonyl (C=O) groups is 1. The zero-order valence-electron chi connectivity index (χ0n) is 13.2. The van der Waals surface area contributed by atoms with Crippen molar-refractivity contribution in [1.82, 2.24) is 15.3 Å². The minimum Gasteiger partial charge on any atom is -0.481 e. The second-order valence-corrected chi connectivity index (χ2v) is 4.79. The molecule has 0 aromatic carbocycles. The molecule has 3 N–H and O–H groups in total. The molecule has 2 heterocycles. The maximum Gasteiger partial charge on any atom is 0.419 e. The molecule has 2 rings (SSSR count). The molecule has 0 aliphatic heterocycles. The van der Waals surface area contributed by atoms with Gasteiger partial charge in [0.15, 0.2) is 0 Å². The molecule has 0 aliphatic carbocycles. The molecule has 134 valence electrons. The number of alkyl halides is 3. The van der Waals surface area contributed by atoms with Crippen LogP contribution >= 0.6 is 0 Å². The minimum atomic E-state index is -4.50. The molecule has 0 bridgehead atoms. The van der Waals surface area contributed by atoms with Crippen molar-refractivity contribution in [3.63, 3.8) is 0 Å². The summed E-state index contributed by atoms with van der Waals surface area (Å²) in [7, 11) is 1.47. The molecular formula is C15H16F3N5O2. The number of urea groups is 1. The summed E-state index contributed by atoms with van der Waals surface area (Å²) in [5.74, 6) is 0.127. The van der Waals surface area contributed by atoms with Gasteiger partial charge in [-0.1, -0.05) is 0 Å². The van der Waals surface area contributed by atoms with Gasteiger partial charge in [-0.2, -0.15) is 13.2 Å². The largest absolute Gasteiger partial charge is 0.481 e. The molecule has 0 saturated heterocycles. The van der Waals surface area contributed by atoms with Gasteiger partial charge in [-0.15, -0.1) is 0 Å². The number of aromatic nitrogens is 2. The van der Waals surface area contributed by atoms with Crippen LogP contribution in [0.4, 0.5) is 29.5 Å². The number of pyridine rings is 2. The van der Waals surface area contributed by atoms with E-state index in [2.05, 4.69) is 25.9 Å². The van der Waals surface area contributed by atoms with Crippen LogP contribution in [0.3, 0.4) is 0 Å². The summed E-state index contributed by atoms with van der Waals surface area (Å²) >= 11 is 0. The quantitative estimate of drug-likeness (QED) is 0.694. The van der Waals surface area contributed by atoms with E-state index in [9.17, 15) is 18.0 Å². The van der Waals surface area contributed by atoms with Gasteiger partial charge in [0.25, 0.3) is 0 Å². The number of methoxy groups -OCH3 is 1. The van der Waals surface area contributed by atoms with Gasteiger partial charge in [-0.05, 0) is 18.2 Å². The molecule has 0 saturated carbocycles. The third kappa shape index (κ3) is 5.52. The fourth-order valence-electron chi connectivity index (χ4n) is 1.88. The molecule has 0 atom stereocenters. The van der Waals surface area contributed by atoms with Crippen LogP contribution in [0.2, 0.25) is 0 Å². The highest BCUT2D eigenvalue weighted by Gasteiger charge is 2.33. The number of hydrogen-bond acceptors (Lipinski definition) is 5. The molecule has 2 aromatic heterocycles. The third-order valence-corrected chi connectivity index (χ3v) is 3.02.